The normalized spacial score (nSPS) is 10.0. The average Bonchev–Trinajstić information content (AvgIpc) is 2.29. The Bertz CT molecular complexity index is 320. The van der Waals surface area contributed by atoms with E-state index in [0.717, 1.165) is 36.3 Å². The first-order valence-corrected chi connectivity index (χ1v) is 5.79. The minimum Gasteiger partial charge on any atom is -0.493 e. The summed E-state index contributed by atoms with van der Waals surface area (Å²) in [6, 6.07) is 5.97. The standard InChI is InChI=1S/C13H17ClO/c1-3-5-8-15-13-7-6-11(4-2)9-12(13)10-14/h4,6-7,9H,2-3,5,8,10H2,1H3. The highest BCUT2D eigenvalue weighted by molar-refractivity contribution is 6.17. The van der Waals surface area contributed by atoms with E-state index in [1.54, 1.807) is 0 Å². The van der Waals surface area contributed by atoms with E-state index < -0.39 is 0 Å². The fraction of sp³-hybridized carbons (Fsp3) is 0.385. The van der Waals surface area contributed by atoms with Crippen LogP contribution in [0.2, 0.25) is 0 Å². The summed E-state index contributed by atoms with van der Waals surface area (Å²) in [5, 5.41) is 0. The van der Waals surface area contributed by atoms with Gasteiger partial charge in [-0.1, -0.05) is 32.1 Å². The lowest BCUT2D eigenvalue weighted by molar-refractivity contribution is 0.307. The highest BCUT2D eigenvalue weighted by Crippen LogP contribution is 2.22. The molecular weight excluding hydrogens is 208 g/mol. The van der Waals surface area contributed by atoms with E-state index in [-0.39, 0.29) is 0 Å². The number of alkyl halides is 1. The summed E-state index contributed by atoms with van der Waals surface area (Å²) in [6.45, 7) is 6.63. The maximum Gasteiger partial charge on any atom is 0.123 e. The highest BCUT2D eigenvalue weighted by Gasteiger charge is 2.02. The second-order valence-corrected chi connectivity index (χ2v) is 3.67. The maximum absolute atomic E-state index is 5.86. The Hall–Kier alpha value is -0.950. The van der Waals surface area contributed by atoms with Crippen molar-refractivity contribution in [3.63, 3.8) is 0 Å². The van der Waals surface area contributed by atoms with Crippen molar-refractivity contribution in [2.75, 3.05) is 6.61 Å². The monoisotopic (exact) mass is 224 g/mol. The first kappa shape index (κ1) is 12.1. The molecule has 0 fully saturated rings. The molecule has 15 heavy (non-hydrogen) atoms. The molecule has 0 aliphatic heterocycles. The average molecular weight is 225 g/mol. The lowest BCUT2D eigenvalue weighted by atomic mass is 10.1. The molecule has 0 aliphatic rings. The van der Waals surface area contributed by atoms with Gasteiger partial charge in [-0.25, -0.2) is 0 Å². The van der Waals surface area contributed by atoms with Crippen molar-refractivity contribution in [3.05, 3.63) is 35.9 Å². The highest BCUT2D eigenvalue weighted by atomic mass is 35.5. The number of hydrogen-bond donors (Lipinski definition) is 0. The predicted molar refractivity (Wildman–Crippen MR) is 66.5 cm³/mol. The molecule has 0 spiro atoms. The Labute approximate surface area is 96.7 Å². The number of ether oxygens (including phenoxy) is 1. The van der Waals surface area contributed by atoms with Crippen molar-refractivity contribution in [1.82, 2.24) is 0 Å². The molecule has 1 rings (SSSR count). The molecule has 0 atom stereocenters. The van der Waals surface area contributed by atoms with E-state index in [4.69, 9.17) is 16.3 Å². The van der Waals surface area contributed by atoms with Crippen LogP contribution in [0.25, 0.3) is 6.08 Å². The van der Waals surface area contributed by atoms with Crippen molar-refractivity contribution in [2.24, 2.45) is 0 Å². The zero-order valence-electron chi connectivity index (χ0n) is 9.13. The zero-order valence-corrected chi connectivity index (χ0v) is 9.89. The summed E-state index contributed by atoms with van der Waals surface area (Å²) in [7, 11) is 0. The van der Waals surface area contributed by atoms with Gasteiger partial charge in [-0.3, -0.25) is 0 Å². The van der Waals surface area contributed by atoms with Crippen LogP contribution in [-0.4, -0.2) is 6.61 Å². The molecule has 0 saturated heterocycles. The lowest BCUT2D eigenvalue weighted by Crippen LogP contribution is -1.99. The van der Waals surface area contributed by atoms with Crippen LogP contribution in [0, 0.1) is 0 Å². The predicted octanol–water partition coefficient (Wildman–Crippen LogP) is 4.25. The van der Waals surface area contributed by atoms with Gasteiger partial charge in [-0.15, -0.1) is 11.6 Å². The third kappa shape index (κ3) is 3.60. The molecule has 0 unspecified atom stereocenters. The van der Waals surface area contributed by atoms with Crippen molar-refractivity contribution < 1.29 is 4.74 Å². The first-order valence-electron chi connectivity index (χ1n) is 5.26. The van der Waals surface area contributed by atoms with Gasteiger partial charge in [0.25, 0.3) is 0 Å². The van der Waals surface area contributed by atoms with Gasteiger partial charge in [0, 0.05) is 5.56 Å². The summed E-state index contributed by atoms with van der Waals surface area (Å²) in [5.74, 6) is 1.37. The number of benzene rings is 1. The molecule has 0 bridgehead atoms. The maximum atomic E-state index is 5.86. The molecule has 1 nitrogen and oxygen atoms in total. The largest absolute Gasteiger partial charge is 0.493 e. The molecule has 0 heterocycles. The van der Waals surface area contributed by atoms with Gasteiger partial charge >= 0.3 is 0 Å². The molecular formula is C13H17ClO. The van der Waals surface area contributed by atoms with Gasteiger partial charge in [0.15, 0.2) is 0 Å². The van der Waals surface area contributed by atoms with Crippen LogP contribution >= 0.6 is 11.6 Å². The SMILES string of the molecule is C=Cc1ccc(OCCCC)c(CCl)c1. The summed E-state index contributed by atoms with van der Waals surface area (Å²) in [5.41, 5.74) is 2.11. The summed E-state index contributed by atoms with van der Waals surface area (Å²) < 4.78 is 5.65. The van der Waals surface area contributed by atoms with Crippen LogP contribution in [-0.2, 0) is 5.88 Å². The van der Waals surface area contributed by atoms with E-state index in [9.17, 15) is 0 Å². The summed E-state index contributed by atoms with van der Waals surface area (Å²) in [6.07, 6.45) is 4.03. The molecule has 2 heteroatoms. The second kappa shape index (κ2) is 6.52. The molecule has 0 amide bonds. The quantitative estimate of drug-likeness (QED) is 0.519. The van der Waals surface area contributed by atoms with E-state index in [1.807, 2.05) is 24.3 Å². The molecule has 1 aromatic carbocycles. The summed E-state index contributed by atoms with van der Waals surface area (Å²) >= 11 is 5.86. The van der Waals surface area contributed by atoms with Gasteiger partial charge in [0.1, 0.15) is 5.75 Å². The number of rotatable bonds is 6. The van der Waals surface area contributed by atoms with Crippen LogP contribution in [0.4, 0.5) is 0 Å². The first-order chi connectivity index (χ1) is 7.31. The molecule has 0 N–H and O–H groups in total. The Kier molecular flexibility index (Phi) is 5.27. The number of unbranched alkanes of at least 4 members (excludes halogenated alkanes) is 1. The number of hydrogen-bond acceptors (Lipinski definition) is 1. The van der Waals surface area contributed by atoms with Crippen LogP contribution in [0.3, 0.4) is 0 Å². The minimum atomic E-state index is 0.475. The van der Waals surface area contributed by atoms with Crippen molar-refractivity contribution in [3.8, 4) is 5.75 Å². The van der Waals surface area contributed by atoms with Gasteiger partial charge in [-0.2, -0.15) is 0 Å². The number of halogens is 1. The molecule has 0 radical (unpaired) electrons. The Morgan fingerprint density at radius 1 is 1.47 bits per heavy atom. The van der Waals surface area contributed by atoms with Crippen molar-refractivity contribution >= 4 is 17.7 Å². The smallest absolute Gasteiger partial charge is 0.123 e. The Balaban J connectivity index is 2.73. The van der Waals surface area contributed by atoms with E-state index >= 15 is 0 Å². The molecule has 1 aromatic rings. The van der Waals surface area contributed by atoms with Gasteiger partial charge in [0.05, 0.1) is 12.5 Å². The third-order valence-electron chi connectivity index (χ3n) is 2.22. The van der Waals surface area contributed by atoms with E-state index in [2.05, 4.69) is 13.5 Å². The zero-order chi connectivity index (χ0) is 11.1. The minimum absolute atomic E-state index is 0.475. The molecule has 0 saturated carbocycles. The van der Waals surface area contributed by atoms with E-state index in [1.165, 1.54) is 0 Å². The van der Waals surface area contributed by atoms with Gasteiger partial charge in [-0.05, 0) is 24.1 Å². The fourth-order valence-corrected chi connectivity index (χ4v) is 1.51. The Morgan fingerprint density at radius 3 is 2.87 bits per heavy atom. The fourth-order valence-electron chi connectivity index (χ4n) is 1.30. The molecule has 82 valence electrons. The van der Waals surface area contributed by atoms with Crippen LogP contribution < -0.4 is 4.74 Å². The van der Waals surface area contributed by atoms with Crippen molar-refractivity contribution in [2.45, 2.75) is 25.6 Å². The topological polar surface area (TPSA) is 9.23 Å². The third-order valence-corrected chi connectivity index (χ3v) is 2.51. The Morgan fingerprint density at radius 2 is 2.27 bits per heavy atom. The van der Waals surface area contributed by atoms with E-state index in [0.29, 0.717) is 5.88 Å². The van der Waals surface area contributed by atoms with Gasteiger partial charge in [0.2, 0.25) is 0 Å². The summed E-state index contributed by atoms with van der Waals surface area (Å²) in [4.78, 5) is 0. The van der Waals surface area contributed by atoms with Crippen molar-refractivity contribution in [1.29, 1.82) is 0 Å². The van der Waals surface area contributed by atoms with Crippen LogP contribution in [0.15, 0.2) is 24.8 Å². The molecule has 0 aromatic heterocycles. The molecule has 0 aliphatic carbocycles. The van der Waals surface area contributed by atoms with Crippen LogP contribution in [0.5, 0.6) is 5.75 Å². The van der Waals surface area contributed by atoms with Crippen LogP contribution in [0.1, 0.15) is 30.9 Å². The van der Waals surface area contributed by atoms with Gasteiger partial charge < -0.3 is 4.74 Å². The lowest BCUT2D eigenvalue weighted by Gasteiger charge is -2.10. The second-order valence-electron chi connectivity index (χ2n) is 3.41.